The van der Waals surface area contributed by atoms with Gasteiger partial charge >= 0.3 is 0 Å². The van der Waals surface area contributed by atoms with Gasteiger partial charge in [0.2, 0.25) is 5.95 Å². The number of nitrogens with zero attached hydrogens (tertiary/aromatic N) is 4. The molecule has 30 heavy (non-hydrogen) atoms. The van der Waals surface area contributed by atoms with Gasteiger partial charge in [-0.25, -0.2) is 15.4 Å². The molecule has 5 rings (SSSR count). The molecule has 3 aromatic carbocycles. The van der Waals surface area contributed by atoms with Crippen molar-refractivity contribution in [2.75, 3.05) is 5.43 Å². The molecule has 5 heteroatoms. The van der Waals surface area contributed by atoms with E-state index in [0.29, 0.717) is 5.95 Å². The summed E-state index contributed by atoms with van der Waals surface area (Å²) in [6.07, 6.45) is 3.53. The number of aromatic nitrogens is 3. The van der Waals surface area contributed by atoms with Crippen molar-refractivity contribution in [2.24, 2.45) is 5.10 Å². The maximum absolute atomic E-state index is 4.74. The molecule has 0 spiro atoms. The van der Waals surface area contributed by atoms with Crippen molar-refractivity contribution in [2.45, 2.75) is 6.92 Å². The molecule has 0 aliphatic carbocycles. The molecular formula is C25H19N5. The van der Waals surface area contributed by atoms with Crippen LogP contribution in [0, 0.1) is 6.92 Å². The van der Waals surface area contributed by atoms with Gasteiger partial charge in [-0.15, -0.1) is 0 Å². The first-order valence-corrected chi connectivity index (χ1v) is 9.74. The number of rotatable bonds is 4. The summed E-state index contributed by atoms with van der Waals surface area (Å²) < 4.78 is 0. The molecular weight excluding hydrogens is 370 g/mol. The summed E-state index contributed by atoms with van der Waals surface area (Å²) in [4.78, 5) is 13.8. The van der Waals surface area contributed by atoms with Crippen molar-refractivity contribution < 1.29 is 0 Å². The fourth-order valence-electron chi connectivity index (χ4n) is 3.45. The highest BCUT2D eigenvalue weighted by Crippen LogP contribution is 2.27. The highest BCUT2D eigenvalue weighted by atomic mass is 15.3. The van der Waals surface area contributed by atoms with Crippen molar-refractivity contribution >= 4 is 34.0 Å². The van der Waals surface area contributed by atoms with Crippen molar-refractivity contribution in [1.29, 1.82) is 0 Å². The Hall–Kier alpha value is -4.12. The Morgan fingerprint density at radius 2 is 1.67 bits per heavy atom. The Bertz CT molecular complexity index is 1370. The number of pyridine rings is 1. The van der Waals surface area contributed by atoms with Gasteiger partial charge in [-0.3, -0.25) is 4.98 Å². The Morgan fingerprint density at radius 1 is 0.833 bits per heavy atom. The zero-order valence-corrected chi connectivity index (χ0v) is 16.4. The second kappa shape index (κ2) is 7.72. The molecule has 0 saturated heterocycles. The van der Waals surface area contributed by atoms with Gasteiger partial charge in [-0.2, -0.15) is 5.10 Å². The average Bonchev–Trinajstić information content (AvgIpc) is 2.79. The van der Waals surface area contributed by atoms with E-state index in [-0.39, 0.29) is 0 Å². The Labute approximate surface area is 174 Å². The lowest BCUT2D eigenvalue weighted by Gasteiger charge is -2.09. The van der Waals surface area contributed by atoms with E-state index in [1.807, 2.05) is 54.6 Å². The van der Waals surface area contributed by atoms with E-state index in [1.165, 1.54) is 5.56 Å². The van der Waals surface area contributed by atoms with E-state index in [2.05, 4.69) is 51.7 Å². The zero-order valence-electron chi connectivity index (χ0n) is 16.4. The fourth-order valence-corrected chi connectivity index (χ4v) is 3.45. The van der Waals surface area contributed by atoms with Crippen molar-refractivity contribution in [3.05, 3.63) is 96.2 Å². The molecule has 1 N–H and O–H groups in total. The number of benzene rings is 3. The third-order valence-electron chi connectivity index (χ3n) is 4.96. The van der Waals surface area contributed by atoms with Crippen molar-refractivity contribution in [3.63, 3.8) is 0 Å². The standard InChI is InChI=1S/C25H19N5/c1-17-11-13-19(14-12-17)24-21-9-2-3-10-22(21)28-25(29-24)30-27-16-20-7-4-6-18-8-5-15-26-23(18)20/h2-16H,1H3,(H,28,29,30)/b27-16+. The first-order chi connectivity index (χ1) is 14.8. The lowest BCUT2D eigenvalue weighted by atomic mass is 10.1. The molecule has 0 saturated carbocycles. The topological polar surface area (TPSA) is 63.1 Å². The molecule has 0 atom stereocenters. The summed E-state index contributed by atoms with van der Waals surface area (Å²) in [6.45, 7) is 2.08. The SMILES string of the molecule is Cc1ccc(-c2nc(N/N=C/c3cccc4cccnc34)nc3ccccc23)cc1. The van der Waals surface area contributed by atoms with Crippen LogP contribution in [-0.4, -0.2) is 21.2 Å². The Morgan fingerprint density at radius 3 is 2.57 bits per heavy atom. The molecule has 5 aromatic rings. The van der Waals surface area contributed by atoms with Crippen LogP contribution in [0.1, 0.15) is 11.1 Å². The predicted octanol–water partition coefficient (Wildman–Crippen LogP) is 5.60. The van der Waals surface area contributed by atoms with Gasteiger partial charge in [-0.05, 0) is 19.1 Å². The van der Waals surface area contributed by atoms with Gasteiger partial charge < -0.3 is 0 Å². The summed E-state index contributed by atoms with van der Waals surface area (Å²) in [6, 6.07) is 26.3. The minimum Gasteiger partial charge on any atom is -0.256 e. The quantitative estimate of drug-likeness (QED) is 0.321. The van der Waals surface area contributed by atoms with Crippen LogP contribution in [0.15, 0.2) is 90.2 Å². The smallest absolute Gasteiger partial charge is 0.244 e. The third-order valence-corrected chi connectivity index (χ3v) is 4.96. The van der Waals surface area contributed by atoms with Gasteiger partial charge in [0.1, 0.15) is 0 Å². The van der Waals surface area contributed by atoms with E-state index in [9.17, 15) is 0 Å². The number of hydrogen-bond acceptors (Lipinski definition) is 5. The average molecular weight is 389 g/mol. The van der Waals surface area contributed by atoms with Crippen LogP contribution in [0.3, 0.4) is 0 Å². The number of para-hydroxylation sites is 2. The van der Waals surface area contributed by atoms with Gasteiger partial charge in [0.25, 0.3) is 0 Å². The summed E-state index contributed by atoms with van der Waals surface area (Å²) in [5, 5.41) is 6.46. The molecule has 0 radical (unpaired) electrons. The minimum absolute atomic E-state index is 0.453. The van der Waals surface area contributed by atoms with E-state index in [0.717, 1.165) is 38.6 Å². The predicted molar refractivity (Wildman–Crippen MR) is 123 cm³/mol. The number of hydrogen-bond donors (Lipinski definition) is 1. The van der Waals surface area contributed by atoms with Crippen LogP contribution in [0.25, 0.3) is 33.1 Å². The molecule has 2 aromatic heterocycles. The van der Waals surface area contributed by atoms with Gasteiger partial charge in [0.05, 0.1) is 22.9 Å². The Balaban J connectivity index is 1.51. The summed E-state index contributed by atoms with van der Waals surface area (Å²) in [5.41, 5.74) is 8.83. The molecule has 0 fully saturated rings. The Kier molecular flexibility index (Phi) is 4.62. The molecule has 0 aliphatic rings. The third kappa shape index (κ3) is 3.49. The number of anilines is 1. The molecule has 0 aliphatic heterocycles. The van der Waals surface area contributed by atoms with E-state index in [1.54, 1.807) is 12.4 Å². The van der Waals surface area contributed by atoms with Crippen LogP contribution in [0.5, 0.6) is 0 Å². The van der Waals surface area contributed by atoms with E-state index < -0.39 is 0 Å². The van der Waals surface area contributed by atoms with Crippen LogP contribution in [-0.2, 0) is 0 Å². The lowest BCUT2D eigenvalue weighted by molar-refractivity contribution is 1.16. The molecule has 5 nitrogen and oxygen atoms in total. The largest absolute Gasteiger partial charge is 0.256 e. The number of nitrogens with one attached hydrogen (secondary N) is 1. The number of fused-ring (bicyclic) bond motifs is 2. The summed E-state index contributed by atoms with van der Waals surface area (Å²) in [7, 11) is 0. The number of aryl methyl sites for hydroxylation is 1. The van der Waals surface area contributed by atoms with Gasteiger partial charge in [0, 0.05) is 28.1 Å². The van der Waals surface area contributed by atoms with Crippen LogP contribution >= 0.6 is 0 Å². The van der Waals surface area contributed by atoms with Crippen LogP contribution in [0.2, 0.25) is 0 Å². The summed E-state index contributed by atoms with van der Waals surface area (Å²) in [5.74, 6) is 0.453. The van der Waals surface area contributed by atoms with E-state index in [4.69, 9.17) is 4.98 Å². The molecule has 0 amide bonds. The van der Waals surface area contributed by atoms with Crippen molar-refractivity contribution in [1.82, 2.24) is 15.0 Å². The highest BCUT2D eigenvalue weighted by Gasteiger charge is 2.09. The van der Waals surface area contributed by atoms with E-state index >= 15 is 0 Å². The van der Waals surface area contributed by atoms with Gasteiger partial charge in [-0.1, -0.05) is 72.3 Å². The minimum atomic E-state index is 0.453. The van der Waals surface area contributed by atoms with Crippen molar-refractivity contribution in [3.8, 4) is 11.3 Å². The zero-order chi connectivity index (χ0) is 20.3. The molecule has 2 heterocycles. The summed E-state index contributed by atoms with van der Waals surface area (Å²) >= 11 is 0. The molecule has 144 valence electrons. The molecule has 0 unspecified atom stereocenters. The first-order valence-electron chi connectivity index (χ1n) is 9.74. The lowest BCUT2D eigenvalue weighted by Crippen LogP contribution is -2.00. The number of hydrazone groups is 1. The highest BCUT2D eigenvalue weighted by molar-refractivity contribution is 5.97. The van der Waals surface area contributed by atoms with Gasteiger partial charge in [0.15, 0.2) is 0 Å². The normalized spacial score (nSPS) is 11.4. The maximum Gasteiger partial charge on any atom is 0.244 e. The monoisotopic (exact) mass is 389 g/mol. The maximum atomic E-state index is 4.74. The fraction of sp³-hybridized carbons (Fsp3) is 0.0400. The van der Waals surface area contributed by atoms with Crippen LogP contribution < -0.4 is 5.43 Å². The second-order valence-corrected chi connectivity index (χ2v) is 7.07. The second-order valence-electron chi connectivity index (χ2n) is 7.07. The first kappa shape index (κ1) is 17.9. The molecule has 0 bridgehead atoms. The van der Waals surface area contributed by atoms with Crippen LogP contribution in [0.4, 0.5) is 5.95 Å².